The van der Waals surface area contributed by atoms with Crippen molar-refractivity contribution in [3.63, 3.8) is 0 Å². The highest BCUT2D eigenvalue weighted by molar-refractivity contribution is 7.86. The maximum atomic E-state index is 13.4. The van der Waals surface area contributed by atoms with Gasteiger partial charge in [0.05, 0.1) is 52.2 Å². The summed E-state index contributed by atoms with van der Waals surface area (Å²) in [4.78, 5) is 19.8. The van der Waals surface area contributed by atoms with E-state index >= 15 is 0 Å². The number of rotatable bonds is 9. The van der Waals surface area contributed by atoms with Crippen molar-refractivity contribution in [2.75, 3.05) is 23.0 Å². The van der Waals surface area contributed by atoms with E-state index in [4.69, 9.17) is 10.5 Å². The second kappa shape index (κ2) is 12.2. The van der Waals surface area contributed by atoms with Crippen molar-refractivity contribution in [3.8, 4) is 22.7 Å². The highest BCUT2D eigenvalue weighted by Gasteiger charge is 2.29. The van der Waals surface area contributed by atoms with Gasteiger partial charge in [-0.3, -0.25) is 9.35 Å². The molecular weight excluding hydrogens is 585 g/mol. The van der Waals surface area contributed by atoms with Crippen LogP contribution in [0.15, 0.2) is 76.2 Å². The fourth-order valence-corrected chi connectivity index (χ4v) is 7.12. The number of hydrogen-bond acceptors (Lipinski definition) is 9. The number of fused-ring (bicyclic) bond motifs is 1. The molecule has 2 heterocycles. The smallest absolute Gasteiger partial charge is 0.296 e. The topological polar surface area (TPSA) is 151 Å². The Morgan fingerprint density at radius 2 is 1.63 bits per heavy atom. The highest BCUT2D eigenvalue weighted by atomic mass is 32.2. The Balaban J connectivity index is 1.35. The zero-order chi connectivity index (χ0) is 30.7. The summed E-state index contributed by atoms with van der Waals surface area (Å²) in [5.41, 5.74) is 4.94. The molecule has 0 saturated carbocycles. The largest absolute Gasteiger partial charge is 0.369 e. The average molecular weight is 611 g/mol. The Bertz CT molecular complexity index is 1950. The molecule has 43 heavy (non-hydrogen) atoms. The number of carbonyl (C=O) groups is 1. The van der Waals surface area contributed by atoms with Gasteiger partial charge in [-0.1, -0.05) is 18.2 Å². The normalized spacial score (nSPS) is 14.2. The summed E-state index contributed by atoms with van der Waals surface area (Å²) in [5.74, 6) is -0.271. The van der Waals surface area contributed by atoms with Gasteiger partial charge in [0.15, 0.2) is 0 Å². The van der Waals surface area contributed by atoms with Crippen LogP contribution in [0.2, 0.25) is 0 Å². The van der Waals surface area contributed by atoms with Crippen LogP contribution < -0.4 is 9.91 Å². The van der Waals surface area contributed by atoms with Crippen molar-refractivity contribution in [1.29, 1.82) is 10.5 Å². The number of hydrazone groups is 1. The second-order valence-corrected chi connectivity index (χ2v) is 12.2. The molecule has 0 unspecified atom stereocenters. The Morgan fingerprint density at radius 1 is 0.977 bits per heavy atom. The van der Waals surface area contributed by atoms with Crippen LogP contribution in [0.25, 0.3) is 26.9 Å². The molecule has 1 N–H and O–H groups in total. The van der Waals surface area contributed by atoms with E-state index in [1.807, 2.05) is 29.2 Å². The van der Waals surface area contributed by atoms with Crippen LogP contribution >= 0.6 is 11.3 Å². The van der Waals surface area contributed by atoms with Gasteiger partial charge >= 0.3 is 0 Å². The number of nitriles is 2. The Morgan fingerprint density at radius 3 is 2.23 bits per heavy atom. The van der Waals surface area contributed by atoms with Crippen molar-refractivity contribution in [2.24, 2.45) is 5.10 Å². The van der Waals surface area contributed by atoms with Crippen molar-refractivity contribution in [1.82, 2.24) is 4.98 Å². The zero-order valence-corrected chi connectivity index (χ0v) is 25.0. The third kappa shape index (κ3) is 6.17. The van der Waals surface area contributed by atoms with Gasteiger partial charge in [0.1, 0.15) is 9.90 Å². The first kappa shape index (κ1) is 29.6. The standard InChI is InChI=1S/C31H26N6O4S2/c1-20-5-14-27-28(29(20)43(39,40)41)42-30(34-27)23-8-12-25(13-9-23)37-31(38)26(21(2)35-37)19-22-6-10-24(11-7-22)36(17-3-15-32)18-4-16-33/h5-14,19H,3-4,17-18H2,1-2H3,(H,39,40,41)/b26-19+. The fourth-order valence-electron chi connectivity index (χ4n) is 4.80. The molecule has 0 atom stereocenters. The molecule has 0 saturated heterocycles. The predicted octanol–water partition coefficient (Wildman–Crippen LogP) is 5.96. The molecule has 5 rings (SSSR count). The molecule has 0 aliphatic carbocycles. The molecule has 216 valence electrons. The van der Waals surface area contributed by atoms with Crippen LogP contribution in [0.1, 0.15) is 30.9 Å². The van der Waals surface area contributed by atoms with Gasteiger partial charge in [0, 0.05) is 24.3 Å². The molecule has 0 bridgehead atoms. The summed E-state index contributed by atoms with van der Waals surface area (Å²) in [6.07, 6.45) is 2.49. The molecule has 0 radical (unpaired) electrons. The van der Waals surface area contributed by atoms with E-state index in [9.17, 15) is 17.8 Å². The number of aryl methyl sites for hydroxylation is 1. The number of benzene rings is 3. The number of amides is 1. The molecule has 4 aromatic rings. The molecule has 3 aromatic carbocycles. The molecule has 0 spiro atoms. The lowest BCUT2D eigenvalue weighted by molar-refractivity contribution is -0.114. The lowest BCUT2D eigenvalue weighted by Crippen LogP contribution is -2.25. The average Bonchev–Trinajstić information content (AvgIpc) is 3.53. The first-order chi connectivity index (χ1) is 20.6. The number of carbonyl (C=O) groups excluding carboxylic acids is 1. The van der Waals surface area contributed by atoms with E-state index in [0.717, 1.165) is 16.8 Å². The lowest BCUT2D eigenvalue weighted by Gasteiger charge is -2.22. The van der Waals surface area contributed by atoms with E-state index in [1.165, 1.54) is 16.3 Å². The molecule has 0 fully saturated rings. The summed E-state index contributed by atoms with van der Waals surface area (Å²) in [5, 5.41) is 24.3. The van der Waals surface area contributed by atoms with Crippen LogP contribution in [0.3, 0.4) is 0 Å². The molecule has 10 nitrogen and oxygen atoms in total. The van der Waals surface area contributed by atoms with Gasteiger partial charge < -0.3 is 4.90 Å². The van der Waals surface area contributed by atoms with Crippen molar-refractivity contribution >= 4 is 60.7 Å². The SMILES string of the molecule is CC1=NN(c2ccc(-c3nc4ccc(C)c(S(=O)(=O)O)c4s3)cc2)C(=O)/C1=C/c1ccc(N(CCC#N)CCC#N)cc1. The first-order valence-corrected chi connectivity index (χ1v) is 15.5. The van der Waals surface area contributed by atoms with Crippen LogP contribution in [-0.2, 0) is 14.9 Å². The molecule has 1 aliphatic heterocycles. The minimum atomic E-state index is -4.42. The van der Waals surface area contributed by atoms with E-state index < -0.39 is 10.1 Å². The predicted molar refractivity (Wildman–Crippen MR) is 167 cm³/mol. The maximum absolute atomic E-state index is 13.4. The molecular formula is C31H26N6O4S2. The van der Waals surface area contributed by atoms with Gasteiger partial charge in [-0.25, -0.2) is 4.98 Å². The van der Waals surface area contributed by atoms with Gasteiger partial charge in [-0.05, 0) is 73.5 Å². The van der Waals surface area contributed by atoms with Crippen LogP contribution in [-0.4, -0.2) is 42.7 Å². The van der Waals surface area contributed by atoms with Crippen molar-refractivity contribution < 1.29 is 17.8 Å². The van der Waals surface area contributed by atoms with Gasteiger partial charge in [0.2, 0.25) is 0 Å². The highest BCUT2D eigenvalue weighted by Crippen LogP contribution is 2.36. The number of anilines is 2. The maximum Gasteiger partial charge on any atom is 0.296 e. The van der Waals surface area contributed by atoms with Crippen LogP contribution in [0, 0.1) is 29.6 Å². The minimum Gasteiger partial charge on any atom is -0.369 e. The van der Waals surface area contributed by atoms with E-state index in [2.05, 4.69) is 22.2 Å². The summed E-state index contributed by atoms with van der Waals surface area (Å²) < 4.78 is 34.1. The molecule has 1 amide bonds. The van der Waals surface area contributed by atoms with Crippen LogP contribution in [0.5, 0.6) is 0 Å². The Labute approximate surface area is 253 Å². The third-order valence-electron chi connectivity index (χ3n) is 6.94. The van der Waals surface area contributed by atoms with E-state index in [-0.39, 0.29) is 10.8 Å². The second-order valence-electron chi connectivity index (χ2n) is 9.86. The van der Waals surface area contributed by atoms with Crippen LogP contribution in [0.4, 0.5) is 11.4 Å². The first-order valence-electron chi connectivity index (χ1n) is 13.3. The van der Waals surface area contributed by atoms with Crippen molar-refractivity contribution in [2.45, 2.75) is 31.6 Å². The summed E-state index contributed by atoms with van der Waals surface area (Å²) >= 11 is 1.17. The third-order valence-corrected chi connectivity index (χ3v) is 9.25. The lowest BCUT2D eigenvalue weighted by atomic mass is 10.1. The van der Waals surface area contributed by atoms with Gasteiger partial charge in [-0.2, -0.15) is 29.1 Å². The molecule has 12 heteroatoms. The van der Waals surface area contributed by atoms with E-state index in [0.29, 0.717) is 63.7 Å². The molecule has 1 aromatic heterocycles. The fraction of sp³-hybridized carbons (Fsp3) is 0.194. The van der Waals surface area contributed by atoms with Crippen molar-refractivity contribution in [3.05, 3.63) is 77.4 Å². The quantitative estimate of drug-likeness (QED) is 0.180. The number of hydrogen-bond donors (Lipinski definition) is 1. The Hall–Kier alpha value is -4.88. The summed E-state index contributed by atoms with van der Waals surface area (Å²) in [6.45, 7) is 4.45. The number of nitrogens with zero attached hydrogens (tertiary/aromatic N) is 6. The monoisotopic (exact) mass is 610 g/mol. The van der Waals surface area contributed by atoms with E-state index in [1.54, 1.807) is 56.3 Å². The van der Waals surface area contributed by atoms with Gasteiger partial charge in [0.25, 0.3) is 16.0 Å². The number of aromatic nitrogens is 1. The minimum absolute atomic E-state index is 0.137. The summed E-state index contributed by atoms with van der Waals surface area (Å²) in [6, 6.07) is 22.3. The van der Waals surface area contributed by atoms with Gasteiger partial charge in [-0.15, -0.1) is 11.3 Å². The Kier molecular flexibility index (Phi) is 8.37. The number of thiazole rings is 1. The molecule has 1 aliphatic rings. The zero-order valence-electron chi connectivity index (χ0n) is 23.4. The summed E-state index contributed by atoms with van der Waals surface area (Å²) in [7, 11) is -4.42.